The number of hydrogen-bond acceptors (Lipinski definition) is 10. The topological polar surface area (TPSA) is 124 Å². The van der Waals surface area contributed by atoms with E-state index in [0.29, 0.717) is 0 Å². The average molecular weight is 423 g/mol. The Hall–Kier alpha value is -2.17. The highest BCUT2D eigenvalue weighted by Crippen LogP contribution is 2.30. The number of carbonyl (C=O) groups excluding carboxylic acids is 4. The van der Waals surface area contributed by atoms with Crippen molar-refractivity contribution in [1.82, 2.24) is 0 Å². The zero-order chi connectivity index (χ0) is 21.4. The minimum absolute atomic E-state index is 0.348. The SMILES string of the molecule is C=CC(Cl)O[C@H]1O[C@H](COC(C)=O)[C@@H](OC(C)=O)[C@H](OC(C)=O)[C@H]1OC(C)=O. The van der Waals surface area contributed by atoms with Gasteiger partial charge >= 0.3 is 23.9 Å². The highest BCUT2D eigenvalue weighted by Gasteiger charge is 2.53. The van der Waals surface area contributed by atoms with Gasteiger partial charge in [0.1, 0.15) is 12.7 Å². The second-order valence-corrected chi connectivity index (χ2v) is 6.22. The second kappa shape index (κ2) is 11.0. The van der Waals surface area contributed by atoms with Crippen molar-refractivity contribution in [3.05, 3.63) is 12.7 Å². The van der Waals surface area contributed by atoms with E-state index >= 15 is 0 Å². The lowest BCUT2D eigenvalue weighted by Crippen LogP contribution is -2.63. The van der Waals surface area contributed by atoms with Crippen LogP contribution in [0.2, 0.25) is 0 Å². The normalized spacial score (nSPS) is 27.8. The summed E-state index contributed by atoms with van der Waals surface area (Å²) in [5.41, 5.74) is -1.04. The quantitative estimate of drug-likeness (QED) is 0.240. The lowest BCUT2D eigenvalue weighted by atomic mass is 9.98. The van der Waals surface area contributed by atoms with E-state index < -0.39 is 60.1 Å². The summed E-state index contributed by atoms with van der Waals surface area (Å²) < 4.78 is 31.7. The Morgan fingerprint density at radius 3 is 1.89 bits per heavy atom. The zero-order valence-electron chi connectivity index (χ0n) is 15.9. The third kappa shape index (κ3) is 7.45. The lowest BCUT2D eigenvalue weighted by molar-refractivity contribution is -0.308. The Labute approximate surface area is 167 Å². The highest BCUT2D eigenvalue weighted by molar-refractivity contribution is 6.20. The molecule has 1 fully saturated rings. The molecule has 1 saturated heterocycles. The van der Waals surface area contributed by atoms with Crippen LogP contribution in [-0.2, 0) is 47.6 Å². The molecular formula is C17H23ClO10. The van der Waals surface area contributed by atoms with Crippen molar-refractivity contribution in [3.8, 4) is 0 Å². The van der Waals surface area contributed by atoms with Crippen LogP contribution in [0.5, 0.6) is 0 Å². The Morgan fingerprint density at radius 2 is 1.43 bits per heavy atom. The molecule has 1 heterocycles. The lowest BCUT2D eigenvalue weighted by Gasteiger charge is -2.44. The van der Waals surface area contributed by atoms with E-state index in [1.807, 2.05) is 0 Å². The minimum Gasteiger partial charge on any atom is -0.463 e. The van der Waals surface area contributed by atoms with E-state index in [-0.39, 0.29) is 6.61 Å². The standard InChI is InChI=1S/C17H23ClO10/c1-6-13(18)28-17-16(26-11(5)22)15(25-10(4)21)14(24-9(3)20)12(27-17)7-23-8(2)19/h6,12-17H,1,7H2,2-5H3/t12-,13?,14-,15+,16-,17-/m1/s1. The van der Waals surface area contributed by atoms with Crippen LogP contribution in [0.25, 0.3) is 0 Å². The first-order valence-electron chi connectivity index (χ1n) is 8.27. The monoisotopic (exact) mass is 422 g/mol. The van der Waals surface area contributed by atoms with Gasteiger partial charge in [0, 0.05) is 27.7 Å². The molecule has 1 unspecified atom stereocenters. The van der Waals surface area contributed by atoms with Crippen molar-refractivity contribution in [1.29, 1.82) is 0 Å². The molecule has 1 aliphatic rings. The average Bonchev–Trinajstić information content (AvgIpc) is 2.57. The summed E-state index contributed by atoms with van der Waals surface area (Å²) >= 11 is 5.91. The van der Waals surface area contributed by atoms with Crippen LogP contribution in [0.15, 0.2) is 12.7 Å². The first-order chi connectivity index (χ1) is 13.0. The number of carbonyl (C=O) groups is 4. The van der Waals surface area contributed by atoms with Gasteiger partial charge in [-0.05, 0) is 6.08 Å². The van der Waals surface area contributed by atoms with Gasteiger partial charge in [-0.15, -0.1) is 0 Å². The van der Waals surface area contributed by atoms with Crippen molar-refractivity contribution in [2.24, 2.45) is 0 Å². The zero-order valence-corrected chi connectivity index (χ0v) is 16.7. The van der Waals surface area contributed by atoms with E-state index in [4.69, 9.17) is 40.0 Å². The summed E-state index contributed by atoms with van der Waals surface area (Å²) in [5.74, 6) is -2.81. The molecule has 0 aromatic carbocycles. The fraction of sp³-hybridized carbons (Fsp3) is 0.647. The van der Waals surface area contributed by atoms with Gasteiger partial charge in [-0.25, -0.2) is 0 Å². The predicted molar refractivity (Wildman–Crippen MR) is 92.9 cm³/mol. The first kappa shape index (κ1) is 23.9. The summed E-state index contributed by atoms with van der Waals surface area (Å²) in [6.45, 7) is 7.67. The molecule has 11 heteroatoms. The number of ether oxygens (including phenoxy) is 6. The molecule has 0 radical (unpaired) electrons. The largest absolute Gasteiger partial charge is 0.463 e. The number of rotatable bonds is 8. The third-order valence-corrected chi connectivity index (χ3v) is 3.68. The van der Waals surface area contributed by atoms with Gasteiger partial charge in [0.15, 0.2) is 23.9 Å². The van der Waals surface area contributed by atoms with Crippen LogP contribution in [0.4, 0.5) is 0 Å². The van der Waals surface area contributed by atoms with Gasteiger partial charge in [-0.2, -0.15) is 0 Å². The number of halogens is 1. The third-order valence-electron chi connectivity index (χ3n) is 3.40. The highest BCUT2D eigenvalue weighted by atomic mass is 35.5. The van der Waals surface area contributed by atoms with Crippen molar-refractivity contribution in [3.63, 3.8) is 0 Å². The van der Waals surface area contributed by atoms with E-state index in [9.17, 15) is 19.2 Å². The van der Waals surface area contributed by atoms with Crippen molar-refractivity contribution < 1.29 is 47.6 Å². The minimum atomic E-state index is -1.33. The van der Waals surface area contributed by atoms with E-state index in [2.05, 4.69) is 6.58 Å². The van der Waals surface area contributed by atoms with Crippen molar-refractivity contribution in [2.45, 2.75) is 64.0 Å². The van der Waals surface area contributed by atoms with E-state index in [1.165, 1.54) is 13.0 Å². The molecule has 0 aromatic heterocycles. The molecule has 1 aliphatic heterocycles. The van der Waals surface area contributed by atoms with Crippen LogP contribution >= 0.6 is 11.6 Å². The van der Waals surface area contributed by atoms with Crippen LogP contribution in [0.1, 0.15) is 27.7 Å². The molecular weight excluding hydrogens is 400 g/mol. The molecule has 28 heavy (non-hydrogen) atoms. The molecule has 0 spiro atoms. The van der Waals surface area contributed by atoms with Gasteiger partial charge in [-0.1, -0.05) is 18.2 Å². The molecule has 158 valence electrons. The van der Waals surface area contributed by atoms with Gasteiger partial charge in [0.05, 0.1) is 0 Å². The molecule has 0 N–H and O–H groups in total. The molecule has 0 saturated carbocycles. The molecule has 6 atom stereocenters. The fourth-order valence-corrected chi connectivity index (χ4v) is 2.58. The van der Waals surface area contributed by atoms with E-state index in [0.717, 1.165) is 20.8 Å². The number of hydrogen-bond donors (Lipinski definition) is 0. The molecule has 0 aromatic rings. The summed E-state index contributed by atoms with van der Waals surface area (Å²) in [4.78, 5) is 45.9. The smallest absolute Gasteiger partial charge is 0.303 e. The maximum Gasteiger partial charge on any atom is 0.303 e. The first-order valence-corrected chi connectivity index (χ1v) is 8.71. The van der Waals surface area contributed by atoms with Crippen molar-refractivity contribution in [2.75, 3.05) is 6.61 Å². The van der Waals surface area contributed by atoms with Crippen LogP contribution < -0.4 is 0 Å². The molecule has 0 aliphatic carbocycles. The van der Waals surface area contributed by atoms with Crippen molar-refractivity contribution >= 4 is 35.5 Å². The second-order valence-electron chi connectivity index (χ2n) is 5.79. The van der Waals surface area contributed by atoms with Gasteiger partial charge < -0.3 is 28.4 Å². The summed E-state index contributed by atoms with van der Waals surface area (Å²) in [6, 6.07) is 0. The van der Waals surface area contributed by atoms with Gasteiger partial charge in [-0.3, -0.25) is 19.2 Å². The Kier molecular flexibility index (Phi) is 9.36. The van der Waals surface area contributed by atoms with Crippen LogP contribution in [0, 0.1) is 0 Å². The predicted octanol–water partition coefficient (Wildman–Crippen LogP) is 0.837. The van der Waals surface area contributed by atoms with Gasteiger partial charge in [0.2, 0.25) is 6.29 Å². The molecule has 0 amide bonds. The van der Waals surface area contributed by atoms with Crippen LogP contribution in [-0.4, -0.2) is 66.8 Å². The van der Waals surface area contributed by atoms with Crippen LogP contribution in [0.3, 0.4) is 0 Å². The maximum absolute atomic E-state index is 11.6. The van der Waals surface area contributed by atoms with Gasteiger partial charge in [0.25, 0.3) is 0 Å². The summed E-state index contributed by atoms with van der Waals surface area (Å²) in [6.07, 6.45) is -5.06. The maximum atomic E-state index is 11.6. The molecule has 0 bridgehead atoms. The Bertz CT molecular complexity index is 607. The summed E-state index contributed by atoms with van der Waals surface area (Å²) in [7, 11) is 0. The Morgan fingerprint density at radius 1 is 0.929 bits per heavy atom. The molecule has 1 rings (SSSR count). The Balaban J connectivity index is 3.30. The summed E-state index contributed by atoms with van der Waals surface area (Å²) in [5, 5.41) is 0. The number of alkyl halides is 1. The fourth-order valence-electron chi connectivity index (χ4n) is 2.48. The number of esters is 4. The molecule has 10 nitrogen and oxygen atoms in total. The van der Waals surface area contributed by atoms with E-state index in [1.54, 1.807) is 0 Å².